The van der Waals surface area contributed by atoms with Crippen LogP contribution in [0.5, 0.6) is 0 Å². The number of aromatic nitrogens is 1. The molecule has 2 aliphatic rings. The Morgan fingerprint density at radius 3 is 2.79 bits per heavy atom. The van der Waals surface area contributed by atoms with Crippen LogP contribution in [0.2, 0.25) is 5.02 Å². The van der Waals surface area contributed by atoms with Gasteiger partial charge in [0.2, 0.25) is 5.91 Å². The molecule has 1 aromatic carbocycles. The number of halogens is 1. The summed E-state index contributed by atoms with van der Waals surface area (Å²) in [6, 6.07) is 5.96. The molecule has 0 spiro atoms. The van der Waals surface area contributed by atoms with Gasteiger partial charge in [0.15, 0.2) is 0 Å². The molecule has 1 fully saturated rings. The van der Waals surface area contributed by atoms with E-state index in [1.165, 1.54) is 48.6 Å². The average molecular weight is 399 g/mol. The minimum Gasteiger partial charge on any atom is -0.361 e. The molecule has 150 valence electrons. The zero-order valence-corrected chi connectivity index (χ0v) is 17.6. The number of carbonyl (C=O) groups excluding carboxylic acids is 1. The number of H-pyrrole nitrogens is 1. The molecule has 2 aromatic rings. The molecule has 0 unspecified atom stereocenters. The van der Waals surface area contributed by atoms with Crippen LogP contribution >= 0.6 is 11.6 Å². The molecule has 4 rings (SSSR count). The smallest absolute Gasteiger partial charge is 0.225 e. The molecule has 4 heteroatoms. The minimum absolute atomic E-state index is 0.250. The number of hydrogen-bond acceptors (Lipinski definition) is 1. The van der Waals surface area contributed by atoms with Crippen molar-refractivity contribution in [3.8, 4) is 0 Å². The van der Waals surface area contributed by atoms with Gasteiger partial charge in [-0.25, -0.2) is 0 Å². The first-order chi connectivity index (χ1) is 13.7. The number of unbranched alkanes of at least 4 members (excludes halogenated alkanes) is 1. The molecule has 28 heavy (non-hydrogen) atoms. The average Bonchev–Trinajstić information content (AvgIpc) is 3.15. The van der Waals surface area contributed by atoms with Gasteiger partial charge in [0.25, 0.3) is 0 Å². The topological polar surface area (TPSA) is 36.1 Å². The number of carbonyl (C=O) groups is 1. The van der Waals surface area contributed by atoms with Crippen LogP contribution in [0.4, 0.5) is 0 Å². The van der Waals surface area contributed by atoms with Gasteiger partial charge >= 0.3 is 0 Å². The van der Waals surface area contributed by atoms with Crippen LogP contribution < -0.4 is 0 Å². The van der Waals surface area contributed by atoms with E-state index >= 15 is 0 Å². The third kappa shape index (κ3) is 4.15. The highest BCUT2D eigenvalue weighted by Gasteiger charge is 2.30. The van der Waals surface area contributed by atoms with Gasteiger partial charge in [0.05, 0.1) is 0 Å². The third-order valence-corrected chi connectivity index (χ3v) is 6.91. The Balaban J connectivity index is 1.37. The van der Waals surface area contributed by atoms with Crippen molar-refractivity contribution in [1.29, 1.82) is 0 Å². The van der Waals surface area contributed by atoms with E-state index in [4.69, 9.17) is 11.6 Å². The van der Waals surface area contributed by atoms with Gasteiger partial charge in [0.1, 0.15) is 0 Å². The summed E-state index contributed by atoms with van der Waals surface area (Å²) in [5.41, 5.74) is 3.65. The van der Waals surface area contributed by atoms with E-state index in [0.29, 0.717) is 5.91 Å². The zero-order valence-electron chi connectivity index (χ0n) is 16.8. The molecule has 0 radical (unpaired) electrons. The molecule has 1 aliphatic carbocycles. The van der Waals surface area contributed by atoms with Crippen molar-refractivity contribution in [1.82, 2.24) is 9.88 Å². The van der Waals surface area contributed by atoms with Gasteiger partial charge in [-0.05, 0) is 61.8 Å². The second kappa shape index (κ2) is 8.73. The van der Waals surface area contributed by atoms with Gasteiger partial charge in [-0.3, -0.25) is 4.79 Å². The van der Waals surface area contributed by atoms with Crippen molar-refractivity contribution >= 4 is 34.0 Å². The van der Waals surface area contributed by atoms with E-state index in [2.05, 4.69) is 29.1 Å². The van der Waals surface area contributed by atoms with Crippen LogP contribution in [-0.4, -0.2) is 28.9 Å². The molecule has 1 aliphatic heterocycles. The van der Waals surface area contributed by atoms with Crippen molar-refractivity contribution in [3.05, 3.63) is 41.1 Å². The maximum absolute atomic E-state index is 13.0. The fourth-order valence-electron chi connectivity index (χ4n) is 4.92. The van der Waals surface area contributed by atoms with Crippen LogP contribution in [0.1, 0.15) is 63.9 Å². The number of rotatable bonds is 5. The van der Waals surface area contributed by atoms with Crippen molar-refractivity contribution in [3.63, 3.8) is 0 Å². The Bertz CT molecular complexity index is 861. The quantitative estimate of drug-likeness (QED) is 0.618. The molecular formula is C24H31ClN2O. The highest BCUT2D eigenvalue weighted by molar-refractivity contribution is 6.31. The molecule has 1 N–H and O–H groups in total. The second-order valence-electron chi connectivity index (χ2n) is 8.52. The molecule has 1 amide bonds. The lowest BCUT2D eigenvalue weighted by Gasteiger charge is -2.33. The first-order valence-electron chi connectivity index (χ1n) is 10.9. The lowest BCUT2D eigenvalue weighted by molar-refractivity contribution is -0.136. The van der Waals surface area contributed by atoms with Crippen LogP contribution in [-0.2, 0) is 4.79 Å². The van der Waals surface area contributed by atoms with Crippen molar-refractivity contribution in [2.45, 2.75) is 58.3 Å². The summed E-state index contributed by atoms with van der Waals surface area (Å²) in [7, 11) is 0. The van der Waals surface area contributed by atoms with Crippen molar-refractivity contribution in [2.75, 3.05) is 13.1 Å². The molecule has 2 heterocycles. The molecule has 0 saturated heterocycles. The van der Waals surface area contributed by atoms with E-state index < -0.39 is 0 Å². The monoisotopic (exact) mass is 398 g/mol. The summed E-state index contributed by atoms with van der Waals surface area (Å²) in [6.45, 7) is 3.82. The summed E-state index contributed by atoms with van der Waals surface area (Å²) in [4.78, 5) is 18.4. The van der Waals surface area contributed by atoms with Gasteiger partial charge in [0, 0.05) is 46.7 Å². The van der Waals surface area contributed by atoms with Crippen molar-refractivity contribution < 1.29 is 4.79 Å². The van der Waals surface area contributed by atoms with Gasteiger partial charge < -0.3 is 9.88 Å². The summed E-state index contributed by atoms with van der Waals surface area (Å²) in [5, 5.41) is 1.93. The Kier molecular flexibility index (Phi) is 6.10. The Hall–Kier alpha value is -1.74. The molecule has 0 bridgehead atoms. The highest BCUT2D eigenvalue weighted by atomic mass is 35.5. The number of aromatic amines is 1. The SMILES string of the molecule is CCCCC1CCC(C(=O)N2CC=C(c3c[nH]c4ccc(Cl)cc34)CC2)CC1. The largest absolute Gasteiger partial charge is 0.361 e. The van der Waals surface area contributed by atoms with Crippen molar-refractivity contribution in [2.24, 2.45) is 11.8 Å². The van der Waals surface area contributed by atoms with Crippen LogP contribution in [0.25, 0.3) is 16.5 Å². The van der Waals surface area contributed by atoms with Crippen LogP contribution in [0.15, 0.2) is 30.5 Å². The lowest BCUT2D eigenvalue weighted by Crippen LogP contribution is -2.40. The van der Waals surface area contributed by atoms with E-state index in [0.717, 1.165) is 48.8 Å². The standard InChI is InChI=1S/C24H31ClN2O/c1-2-3-4-17-5-7-19(8-6-17)24(28)27-13-11-18(12-14-27)22-16-26-23-10-9-20(25)15-21(22)23/h9-11,15-17,19,26H,2-8,12-14H2,1H3. The Labute approximate surface area is 173 Å². The second-order valence-corrected chi connectivity index (χ2v) is 8.95. The number of benzene rings is 1. The summed E-state index contributed by atoms with van der Waals surface area (Å²) in [5.74, 6) is 1.48. The molecule has 1 saturated carbocycles. The fraction of sp³-hybridized carbons (Fsp3) is 0.542. The van der Waals surface area contributed by atoms with Crippen LogP contribution in [0, 0.1) is 11.8 Å². The third-order valence-electron chi connectivity index (χ3n) is 6.67. The summed E-state index contributed by atoms with van der Waals surface area (Å²) in [6.07, 6.45) is 13.8. The maximum Gasteiger partial charge on any atom is 0.225 e. The van der Waals surface area contributed by atoms with Gasteiger partial charge in [-0.2, -0.15) is 0 Å². The predicted molar refractivity (Wildman–Crippen MR) is 117 cm³/mol. The lowest BCUT2D eigenvalue weighted by atomic mass is 9.79. The number of nitrogens with one attached hydrogen (secondary N) is 1. The first-order valence-corrected chi connectivity index (χ1v) is 11.3. The molecule has 3 nitrogen and oxygen atoms in total. The maximum atomic E-state index is 13.0. The predicted octanol–water partition coefficient (Wildman–Crippen LogP) is 6.43. The summed E-state index contributed by atoms with van der Waals surface area (Å²) < 4.78 is 0. The minimum atomic E-state index is 0.250. The van der Waals surface area contributed by atoms with E-state index in [9.17, 15) is 4.79 Å². The highest BCUT2D eigenvalue weighted by Crippen LogP contribution is 2.35. The summed E-state index contributed by atoms with van der Waals surface area (Å²) >= 11 is 6.19. The molecule has 0 atom stereocenters. The van der Waals surface area contributed by atoms with Gasteiger partial charge in [-0.1, -0.05) is 43.9 Å². The zero-order chi connectivity index (χ0) is 19.5. The number of nitrogens with zero attached hydrogens (tertiary/aromatic N) is 1. The Morgan fingerprint density at radius 2 is 2.07 bits per heavy atom. The Morgan fingerprint density at radius 1 is 1.25 bits per heavy atom. The van der Waals surface area contributed by atoms with E-state index in [1.807, 2.05) is 18.2 Å². The van der Waals surface area contributed by atoms with Crippen LogP contribution in [0.3, 0.4) is 0 Å². The normalized spacial score (nSPS) is 23.1. The van der Waals surface area contributed by atoms with Gasteiger partial charge in [-0.15, -0.1) is 0 Å². The first kappa shape index (κ1) is 19.6. The number of hydrogen-bond donors (Lipinski definition) is 1. The fourth-order valence-corrected chi connectivity index (χ4v) is 5.09. The van der Waals surface area contributed by atoms with E-state index in [1.54, 1.807) is 0 Å². The molecule has 1 aromatic heterocycles. The van der Waals surface area contributed by atoms with E-state index in [-0.39, 0.29) is 5.92 Å². The number of fused-ring (bicyclic) bond motifs is 1. The number of amides is 1. The molecular weight excluding hydrogens is 368 g/mol.